The van der Waals surface area contributed by atoms with E-state index in [0.717, 1.165) is 0 Å². The molecule has 98 valence electrons. The number of carbonyl (C=O) groups excluding carboxylic acids is 2. The van der Waals surface area contributed by atoms with Gasteiger partial charge in [0, 0.05) is 21.1 Å². The van der Waals surface area contributed by atoms with Crippen molar-refractivity contribution in [1.29, 1.82) is 0 Å². The molecule has 0 unspecified atom stereocenters. The summed E-state index contributed by atoms with van der Waals surface area (Å²) in [6, 6.07) is 3.12. The minimum Gasteiger partial charge on any atom is -0.464 e. The summed E-state index contributed by atoms with van der Waals surface area (Å²) in [7, 11) is 6.37. The van der Waals surface area contributed by atoms with Crippen LogP contribution in [0.15, 0.2) is 12.1 Å². The molecular weight excluding hydrogens is 236 g/mol. The number of esters is 1. The Kier molecular flexibility index (Phi) is 4.59. The lowest BCUT2D eigenvalue weighted by Crippen LogP contribution is -2.34. The molecule has 1 amide bonds. The van der Waals surface area contributed by atoms with Crippen LogP contribution >= 0.6 is 0 Å². The maximum absolute atomic E-state index is 11.5. The van der Waals surface area contributed by atoms with E-state index in [1.807, 2.05) is 0 Å². The lowest BCUT2D eigenvalue weighted by Gasteiger charge is -2.19. The largest absolute Gasteiger partial charge is 0.464 e. The molecule has 0 radical (unpaired) electrons. The number of hydrogen-bond acceptors (Lipinski definition) is 6. The number of methoxy groups -OCH3 is 1. The van der Waals surface area contributed by atoms with E-state index in [-0.39, 0.29) is 18.1 Å². The first-order valence-electron chi connectivity index (χ1n) is 5.29. The van der Waals surface area contributed by atoms with Gasteiger partial charge in [-0.3, -0.25) is 4.79 Å². The van der Waals surface area contributed by atoms with Crippen LogP contribution in [0.25, 0.3) is 0 Å². The second-order valence-electron chi connectivity index (χ2n) is 3.91. The summed E-state index contributed by atoms with van der Waals surface area (Å²) >= 11 is 0. The van der Waals surface area contributed by atoms with Gasteiger partial charge in [-0.2, -0.15) is 0 Å². The van der Waals surface area contributed by atoms with Crippen molar-refractivity contribution in [2.75, 3.05) is 39.7 Å². The first kappa shape index (κ1) is 13.9. The topological polar surface area (TPSA) is 75.6 Å². The molecule has 0 atom stereocenters. The van der Waals surface area contributed by atoms with Crippen molar-refractivity contribution in [2.24, 2.45) is 0 Å². The van der Waals surface area contributed by atoms with Crippen LogP contribution in [0.5, 0.6) is 0 Å². The monoisotopic (exact) mass is 252 g/mol. The first-order chi connectivity index (χ1) is 8.45. The van der Waals surface area contributed by atoms with Gasteiger partial charge in [0.2, 0.25) is 5.91 Å². The number of aromatic nitrogens is 2. The maximum atomic E-state index is 11.5. The minimum atomic E-state index is -0.541. The Bertz CT molecular complexity index is 430. The summed E-state index contributed by atoms with van der Waals surface area (Å²) in [4.78, 5) is 25.8. The number of amides is 1. The average molecular weight is 252 g/mol. The highest BCUT2D eigenvalue weighted by atomic mass is 16.5. The van der Waals surface area contributed by atoms with Gasteiger partial charge < -0.3 is 14.5 Å². The van der Waals surface area contributed by atoms with Crippen LogP contribution in [-0.2, 0) is 9.53 Å². The SMILES string of the molecule is COC(=O)c1ccc(N(C)CC(=O)N(C)C)nn1. The third kappa shape index (κ3) is 3.41. The second-order valence-corrected chi connectivity index (χ2v) is 3.91. The zero-order valence-electron chi connectivity index (χ0n) is 10.9. The van der Waals surface area contributed by atoms with Gasteiger partial charge >= 0.3 is 5.97 Å². The van der Waals surface area contributed by atoms with Gasteiger partial charge in [-0.05, 0) is 12.1 Å². The molecule has 0 spiro atoms. The van der Waals surface area contributed by atoms with Crippen molar-refractivity contribution >= 4 is 17.7 Å². The number of likely N-dealkylation sites (N-methyl/N-ethyl adjacent to an activating group) is 2. The molecular formula is C11H16N4O3. The molecule has 0 saturated carbocycles. The Morgan fingerprint density at radius 1 is 1.22 bits per heavy atom. The van der Waals surface area contributed by atoms with Crippen LogP contribution in [-0.4, -0.2) is 61.8 Å². The van der Waals surface area contributed by atoms with Crippen molar-refractivity contribution in [1.82, 2.24) is 15.1 Å². The summed E-state index contributed by atoms with van der Waals surface area (Å²) in [6.45, 7) is 0.194. The van der Waals surface area contributed by atoms with E-state index in [1.54, 1.807) is 32.1 Å². The average Bonchev–Trinajstić information content (AvgIpc) is 2.37. The molecule has 7 nitrogen and oxygen atoms in total. The molecule has 0 aliphatic carbocycles. The van der Waals surface area contributed by atoms with E-state index in [0.29, 0.717) is 5.82 Å². The van der Waals surface area contributed by atoms with Crippen molar-refractivity contribution in [3.8, 4) is 0 Å². The van der Waals surface area contributed by atoms with E-state index in [9.17, 15) is 9.59 Å². The van der Waals surface area contributed by atoms with Crippen molar-refractivity contribution in [2.45, 2.75) is 0 Å². The standard InChI is InChI=1S/C11H16N4O3/c1-14(2)10(16)7-15(3)9-6-5-8(12-13-9)11(17)18-4/h5-6H,7H2,1-4H3. The van der Waals surface area contributed by atoms with Gasteiger partial charge in [-0.25, -0.2) is 4.79 Å². The third-order valence-electron chi connectivity index (χ3n) is 2.31. The molecule has 1 heterocycles. The highest BCUT2D eigenvalue weighted by Gasteiger charge is 2.12. The number of hydrogen-bond donors (Lipinski definition) is 0. The fraction of sp³-hybridized carbons (Fsp3) is 0.455. The number of ether oxygens (including phenoxy) is 1. The molecule has 0 aromatic carbocycles. The Morgan fingerprint density at radius 3 is 2.33 bits per heavy atom. The highest BCUT2D eigenvalue weighted by Crippen LogP contribution is 2.07. The Hall–Kier alpha value is -2.18. The van der Waals surface area contributed by atoms with Crippen LogP contribution in [0, 0.1) is 0 Å². The van der Waals surface area contributed by atoms with E-state index < -0.39 is 5.97 Å². The van der Waals surface area contributed by atoms with E-state index in [4.69, 9.17) is 0 Å². The molecule has 0 fully saturated rings. The normalized spacial score (nSPS) is 9.78. The molecule has 18 heavy (non-hydrogen) atoms. The predicted molar refractivity (Wildman–Crippen MR) is 65.3 cm³/mol. The molecule has 0 N–H and O–H groups in total. The summed E-state index contributed by atoms with van der Waals surface area (Å²) < 4.78 is 4.52. The second kappa shape index (κ2) is 5.95. The van der Waals surface area contributed by atoms with Gasteiger partial charge in [0.05, 0.1) is 13.7 Å². The summed E-state index contributed by atoms with van der Waals surface area (Å²) in [5.41, 5.74) is 0.133. The number of anilines is 1. The van der Waals surface area contributed by atoms with Gasteiger partial charge in [0.25, 0.3) is 0 Å². The molecule has 0 saturated heterocycles. The van der Waals surface area contributed by atoms with Gasteiger partial charge in [-0.1, -0.05) is 0 Å². The van der Waals surface area contributed by atoms with Crippen molar-refractivity contribution in [3.05, 3.63) is 17.8 Å². The van der Waals surface area contributed by atoms with E-state index in [1.165, 1.54) is 18.1 Å². The predicted octanol–water partition coefficient (Wildman–Crippen LogP) is -0.212. The summed E-state index contributed by atoms with van der Waals surface area (Å²) in [5.74, 6) is -0.0738. The molecule has 0 aliphatic heterocycles. The summed E-state index contributed by atoms with van der Waals surface area (Å²) in [5, 5.41) is 7.60. The molecule has 1 rings (SSSR count). The molecule has 0 aliphatic rings. The zero-order chi connectivity index (χ0) is 13.7. The van der Waals surface area contributed by atoms with Crippen LogP contribution in [0.1, 0.15) is 10.5 Å². The number of nitrogens with zero attached hydrogens (tertiary/aromatic N) is 4. The fourth-order valence-corrected chi connectivity index (χ4v) is 1.17. The molecule has 1 aromatic heterocycles. The van der Waals surface area contributed by atoms with E-state index in [2.05, 4.69) is 14.9 Å². The highest BCUT2D eigenvalue weighted by molar-refractivity contribution is 5.87. The van der Waals surface area contributed by atoms with E-state index >= 15 is 0 Å². The Morgan fingerprint density at radius 2 is 1.89 bits per heavy atom. The first-order valence-corrected chi connectivity index (χ1v) is 5.29. The minimum absolute atomic E-state index is 0.0451. The quantitative estimate of drug-likeness (QED) is 0.690. The lowest BCUT2D eigenvalue weighted by atomic mass is 10.3. The van der Waals surface area contributed by atoms with Gasteiger partial charge in [-0.15, -0.1) is 10.2 Å². The molecule has 0 bridgehead atoms. The van der Waals surface area contributed by atoms with Gasteiger partial charge in [0.1, 0.15) is 0 Å². The summed E-state index contributed by atoms with van der Waals surface area (Å²) in [6.07, 6.45) is 0. The van der Waals surface area contributed by atoms with Crippen LogP contribution in [0.2, 0.25) is 0 Å². The number of carbonyl (C=O) groups is 2. The van der Waals surface area contributed by atoms with Crippen LogP contribution in [0.4, 0.5) is 5.82 Å². The number of rotatable bonds is 4. The van der Waals surface area contributed by atoms with Crippen LogP contribution in [0.3, 0.4) is 0 Å². The van der Waals surface area contributed by atoms with Crippen LogP contribution < -0.4 is 4.90 Å². The molecule has 7 heteroatoms. The third-order valence-corrected chi connectivity index (χ3v) is 2.31. The Balaban J connectivity index is 2.73. The van der Waals surface area contributed by atoms with Crippen molar-refractivity contribution < 1.29 is 14.3 Å². The molecule has 1 aromatic rings. The lowest BCUT2D eigenvalue weighted by molar-refractivity contribution is -0.127. The maximum Gasteiger partial charge on any atom is 0.358 e. The smallest absolute Gasteiger partial charge is 0.358 e. The van der Waals surface area contributed by atoms with Crippen molar-refractivity contribution in [3.63, 3.8) is 0 Å². The Labute approximate surface area is 105 Å². The van der Waals surface area contributed by atoms with Gasteiger partial charge in [0.15, 0.2) is 11.5 Å². The fourth-order valence-electron chi connectivity index (χ4n) is 1.17. The zero-order valence-corrected chi connectivity index (χ0v) is 10.9.